The number of halogens is 5. The quantitative estimate of drug-likeness (QED) is 0.322. The van der Waals surface area contributed by atoms with E-state index in [0.29, 0.717) is 23.6 Å². The Morgan fingerprint density at radius 2 is 1.07 bits per heavy atom. The van der Waals surface area contributed by atoms with Gasteiger partial charge in [-0.15, -0.1) is 0 Å². The average molecular weight is 436 g/mol. The molecule has 0 spiro atoms. The minimum absolute atomic E-state index is 0.318. The average Bonchev–Trinajstić information content (AvgIpc) is 2.74. The van der Waals surface area contributed by atoms with Crippen molar-refractivity contribution in [2.75, 3.05) is 0 Å². The van der Waals surface area contributed by atoms with E-state index in [-0.39, 0.29) is 0 Å². The second-order valence-corrected chi connectivity index (χ2v) is 6.75. The molecule has 3 aromatic rings. The first kappa shape index (κ1) is 24.1. The van der Waals surface area contributed by atoms with E-state index in [1.54, 1.807) is 48.5 Å². The second kappa shape index (κ2) is 11.8. The van der Waals surface area contributed by atoms with Crippen LogP contribution in [0.15, 0.2) is 72.8 Å². The zero-order valence-electron chi connectivity index (χ0n) is 14.4. The standard InChI is InChI=1S/C6H2F5O3P.2C6H6O/c7-3-1-2-4(6(9)5(3)8)15(12,13-10)14-11;2*7-6-4-2-1-3-5-6/h1-2H;2*1-5,7H. The molecule has 0 aromatic heterocycles. The monoisotopic (exact) mass is 436 g/mol. The maximum Gasteiger partial charge on any atom is 0.426 e. The maximum atomic E-state index is 12.9. The van der Waals surface area contributed by atoms with E-state index in [2.05, 4.69) is 9.46 Å². The number of rotatable bonds is 3. The lowest BCUT2D eigenvalue weighted by atomic mass is 10.3. The fourth-order valence-corrected chi connectivity index (χ4v) is 2.43. The minimum atomic E-state index is -5.23. The zero-order valence-corrected chi connectivity index (χ0v) is 15.3. The van der Waals surface area contributed by atoms with Gasteiger partial charge in [0.2, 0.25) is 0 Å². The van der Waals surface area contributed by atoms with Crippen LogP contribution in [0.1, 0.15) is 0 Å². The third kappa shape index (κ3) is 7.53. The Hall–Kier alpha value is -2.94. The summed E-state index contributed by atoms with van der Waals surface area (Å²) >= 11 is 0. The van der Waals surface area contributed by atoms with Crippen molar-refractivity contribution in [2.24, 2.45) is 0 Å². The van der Waals surface area contributed by atoms with Crippen LogP contribution in [-0.2, 0) is 14.0 Å². The molecule has 3 rings (SSSR count). The molecule has 0 fully saturated rings. The van der Waals surface area contributed by atoms with Crippen molar-refractivity contribution < 1.29 is 46.5 Å². The number of para-hydroxylation sites is 2. The van der Waals surface area contributed by atoms with Gasteiger partial charge in [0.15, 0.2) is 17.5 Å². The molecule has 5 nitrogen and oxygen atoms in total. The Balaban J connectivity index is 0.000000248. The van der Waals surface area contributed by atoms with Crippen molar-refractivity contribution in [3.8, 4) is 11.5 Å². The first-order valence-corrected chi connectivity index (χ1v) is 9.12. The van der Waals surface area contributed by atoms with Crippen LogP contribution in [0, 0.1) is 17.5 Å². The van der Waals surface area contributed by atoms with Crippen LogP contribution < -0.4 is 5.30 Å². The summed E-state index contributed by atoms with van der Waals surface area (Å²) in [5.41, 5.74) is 0. The summed E-state index contributed by atoms with van der Waals surface area (Å²) in [5, 5.41) is 15.9. The molecule has 0 aliphatic carbocycles. The van der Waals surface area contributed by atoms with Gasteiger partial charge < -0.3 is 10.2 Å². The summed E-state index contributed by atoms with van der Waals surface area (Å²) in [6.07, 6.45) is 0. The third-order valence-electron chi connectivity index (χ3n) is 3.00. The van der Waals surface area contributed by atoms with Crippen LogP contribution in [0.4, 0.5) is 22.2 Å². The lowest BCUT2D eigenvalue weighted by molar-refractivity contribution is -0.0830. The smallest absolute Gasteiger partial charge is 0.426 e. The molecule has 29 heavy (non-hydrogen) atoms. The van der Waals surface area contributed by atoms with Crippen molar-refractivity contribution in [1.82, 2.24) is 0 Å². The first-order valence-electron chi connectivity index (χ1n) is 7.58. The van der Waals surface area contributed by atoms with Gasteiger partial charge in [-0.3, -0.25) is 0 Å². The lowest BCUT2D eigenvalue weighted by Crippen LogP contribution is -2.14. The van der Waals surface area contributed by atoms with Gasteiger partial charge in [-0.05, 0) is 45.5 Å². The predicted octanol–water partition coefficient (Wildman–Crippen LogP) is 5.51. The van der Waals surface area contributed by atoms with Gasteiger partial charge in [-0.2, -0.15) is 0 Å². The molecule has 0 aliphatic rings. The highest BCUT2D eigenvalue weighted by atomic mass is 31.2. The molecular weight excluding hydrogens is 422 g/mol. The number of phenolic OH excluding ortho intramolecular Hbond substituents is 2. The topological polar surface area (TPSA) is 76.0 Å². The van der Waals surface area contributed by atoms with Gasteiger partial charge in [0.05, 0.1) is 0 Å². The molecular formula is C18H14F5O5P. The molecule has 0 bridgehead atoms. The Kier molecular flexibility index (Phi) is 9.81. The predicted molar refractivity (Wildman–Crippen MR) is 94.2 cm³/mol. The summed E-state index contributed by atoms with van der Waals surface area (Å²) in [4.78, 5) is 0. The van der Waals surface area contributed by atoms with Crippen LogP contribution in [0.3, 0.4) is 0 Å². The van der Waals surface area contributed by atoms with E-state index in [0.717, 1.165) is 0 Å². The summed E-state index contributed by atoms with van der Waals surface area (Å²) in [5.74, 6) is -5.05. The fraction of sp³-hybridized carbons (Fsp3) is 0. The lowest BCUT2D eigenvalue weighted by Gasteiger charge is -2.08. The van der Waals surface area contributed by atoms with E-state index < -0.39 is 30.4 Å². The molecule has 0 aliphatic heterocycles. The summed E-state index contributed by atoms with van der Waals surface area (Å²) in [6.45, 7) is 0. The Labute approximate surface area is 161 Å². The van der Waals surface area contributed by atoms with Gasteiger partial charge in [0.25, 0.3) is 0 Å². The van der Waals surface area contributed by atoms with Crippen molar-refractivity contribution >= 4 is 12.9 Å². The van der Waals surface area contributed by atoms with Crippen molar-refractivity contribution in [2.45, 2.75) is 0 Å². The number of benzene rings is 3. The first-order chi connectivity index (χ1) is 13.7. The van der Waals surface area contributed by atoms with Crippen LogP contribution in [0.2, 0.25) is 0 Å². The highest BCUT2D eigenvalue weighted by Crippen LogP contribution is 2.48. The van der Waals surface area contributed by atoms with Crippen LogP contribution in [0.25, 0.3) is 0 Å². The number of hydrogen-bond donors (Lipinski definition) is 2. The van der Waals surface area contributed by atoms with Crippen LogP contribution in [-0.4, -0.2) is 10.2 Å². The third-order valence-corrected chi connectivity index (χ3v) is 4.30. The Morgan fingerprint density at radius 3 is 1.38 bits per heavy atom. The molecule has 0 unspecified atom stereocenters. The molecule has 0 heterocycles. The largest absolute Gasteiger partial charge is 0.508 e. The number of phenols is 2. The second-order valence-electron chi connectivity index (χ2n) is 5.00. The minimum Gasteiger partial charge on any atom is -0.508 e. The summed E-state index contributed by atoms with van der Waals surface area (Å²) < 4.78 is 77.1. The highest BCUT2D eigenvalue weighted by Gasteiger charge is 2.36. The van der Waals surface area contributed by atoms with Crippen molar-refractivity contribution in [1.29, 1.82) is 0 Å². The molecule has 2 N–H and O–H groups in total. The fourth-order valence-electron chi connectivity index (χ4n) is 1.67. The molecule has 0 amide bonds. The van der Waals surface area contributed by atoms with Gasteiger partial charge >= 0.3 is 7.60 Å². The molecule has 156 valence electrons. The molecule has 3 aromatic carbocycles. The van der Waals surface area contributed by atoms with E-state index in [1.165, 1.54) is 0 Å². The van der Waals surface area contributed by atoms with Gasteiger partial charge in [0.1, 0.15) is 16.8 Å². The van der Waals surface area contributed by atoms with Gasteiger partial charge in [-0.1, -0.05) is 45.9 Å². The van der Waals surface area contributed by atoms with Crippen LogP contribution in [0.5, 0.6) is 11.5 Å². The van der Waals surface area contributed by atoms with E-state index in [4.69, 9.17) is 10.2 Å². The van der Waals surface area contributed by atoms with E-state index in [9.17, 15) is 26.8 Å². The Morgan fingerprint density at radius 1 is 0.655 bits per heavy atom. The van der Waals surface area contributed by atoms with Crippen molar-refractivity contribution in [3.63, 3.8) is 0 Å². The molecule has 11 heteroatoms. The Bertz CT molecular complexity index is 883. The molecule has 0 saturated heterocycles. The zero-order chi connectivity index (χ0) is 21.9. The van der Waals surface area contributed by atoms with Gasteiger partial charge in [-0.25, -0.2) is 17.7 Å². The molecule has 0 radical (unpaired) electrons. The van der Waals surface area contributed by atoms with Crippen LogP contribution >= 0.6 is 7.60 Å². The highest BCUT2D eigenvalue weighted by molar-refractivity contribution is 7.61. The van der Waals surface area contributed by atoms with E-state index >= 15 is 0 Å². The van der Waals surface area contributed by atoms with E-state index in [1.807, 2.05) is 12.1 Å². The van der Waals surface area contributed by atoms with Gasteiger partial charge in [0, 0.05) is 0 Å². The van der Waals surface area contributed by atoms with Crippen molar-refractivity contribution in [3.05, 3.63) is 90.2 Å². The molecule has 0 atom stereocenters. The maximum absolute atomic E-state index is 12.9. The summed E-state index contributed by atoms with van der Waals surface area (Å²) in [6, 6.07) is 18.1. The molecule has 0 saturated carbocycles. The number of aromatic hydroxyl groups is 2. The summed E-state index contributed by atoms with van der Waals surface area (Å²) in [7, 11) is -5.23. The SMILES string of the molecule is O=P(OF)(OF)c1ccc(F)c(F)c1F.Oc1ccccc1.Oc1ccccc1. The normalized spacial score (nSPS) is 10.2. The number of hydrogen-bond acceptors (Lipinski definition) is 5.